The van der Waals surface area contributed by atoms with Crippen LogP contribution in [0.1, 0.15) is 16.7 Å². The van der Waals surface area contributed by atoms with Gasteiger partial charge in [-0.25, -0.2) is 0 Å². The first kappa shape index (κ1) is 17.0. The van der Waals surface area contributed by atoms with Crippen molar-refractivity contribution in [1.82, 2.24) is 0 Å². The minimum absolute atomic E-state index is 0.449. The van der Waals surface area contributed by atoms with Gasteiger partial charge in [0.15, 0.2) is 0 Å². The number of aryl methyl sites for hydroxylation is 1. The van der Waals surface area contributed by atoms with Crippen LogP contribution >= 0.6 is 31.9 Å². The minimum atomic E-state index is 0.449. The molecule has 2 rings (SSSR count). The number of rotatable bonds is 5. The average Bonchev–Trinajstić information content (AvgIpc) is 2.47. The molecule has 0 amide bonds. The lowest BCUT2D eigenvalue weighted by atomic mass is 10.1. The number of halogens is 2. The Hall–Kier alpha value is -1.39. The van der Waals surface area contributed by atoms with Crippen LogP contribution in [0, 0.1) is 13.8 Å². The van der Waals surface area contributed by atoms with Gasteiger partial charge in [-0.3, -0.25) is 4.99 Å². The van der Waals surface area contributed by atoms with E-state index in [1.807, 2.05) is 30.5 Å². The Labute approximate surface area is 148 Å². The number of hydrogen-bond donors (Lipinski definition) is 0. The Morgan fingerprint density at radius 3 is 2.73 bits per heavy atom. The van der Waals surface area contributed by atoms with Gasteiger partial charge in [-0.15, -0.1) is 0 Å². The van der Waals surface area contributed by atoms with Crippen LogP contribution in [-0.2, 0) is 0 Å². The Kier molecular flexibility index (Phi) is 5.98. The summed E-state index contributed by atoms with van der Waals surface area (Å²) in [5.41, 5.74) is 4.28. The maximum atomic E-state index is 5.74. The topological polar surface area (TPSA) is 21.6 Å². The number of ether oxygens (including phenoxy) is 1. The van der Waals surface area contributed by atoms with Gasteiger partial charge in [0.1, 0.15) is 12.4 Å². The van der Waals surface area contributed by atoms with Gasteiger partial charge in [0, 0.05) is 16.3 Å². The zero-order chi connectivity index (χ0) is 16.1. The zero-order valence-electron chi connectivity index (χ0n) is 12.6. The van der Waals surface area contributed by atoms with Gasteiger partial charge in [-0.05, 0) is 59.1 Å². The highest BCUT2D eigenvalue weighted by Gasteiger charge is 2.09. The maximum absolute atomic E-state index is 5.74. The Morgan fingerprint density at radius 1 is 1.23 bits per heavy atom. The third-order valence-electron chi connectivity index (χ3n) is 3.30. The van der Waals surface area contributed by atoms with Crippen molar-refractivity contribution < 1.29 is 4.74 Å². The van der Waals surface area contributed by atoms with Gasteiger partial charge in [-0.1, -0.05) is 40.7 Å². The van der Waals surface area contributed by atoms with Crippen LogP contribution in [-0.4, -0.2) is 12.8 Å². The molecule has 0 aliphatic heterocycles. The summed E-state index contributed by atoms with van der Waals surface area (Å²) in [5, 5.41) is 0. The molecule has 0 saturated carbocycles. The van der Waals surface area contributed by atoms with E-state index < -0.39 is 0 Å². The van der Waals surface area contributed by atoms with Gasteiger partial charge >= 0.3 is 0 Å². The first-order valence-electron chi connectivity index (χ1n) is 6.86. The lowest BCUT2D eigenvalue weighted by molar-refractivity contribution is 0.360. The van der Waals surface area contributed by atoms with Crippen molar-refractivity contribution in [3.05, 3.63) is 68.6 Å². The fraction of sp³-hybridized carbons (Fsp3) is 0.167. The van der Waals surface area contributed by atoms with Crippen molar-refractivity contribution in [2.24, 2.45) is 4.99 Å². The molecule has 0 radical (unpaired) electrons. The Morgan fingerprint density at radius 2 is 2.00 bits per heavy atom. The summed E-state index contributed by atoms with van der Waals surface area (Å²) in [6.45, 7) is 8.30. The minimum Gasteiger partial charge on any atom is -0.488 e. The zero-order valence-corrected chi connectivity index (χ0v) is 15.7. The first-order chi connectivity index (χ1) is 10.5. The van der Waals surface area contributed by atoms with Gasteiger partial charge in [0.05, 0.1) is 10.2 Å². The molecule has 4 heteroatoms. The van der Waals surface area contributed by atoms with Crippen LogP contribution in [0.2, 0.25) is 0 Å². The largest absolute Gasteiger partial charge is 0.488 e. The molecule has 2 nitrogen and oxygen atoms in total. The van der Waals surface area contributed by atoms with E-state index in [2.05, 4.69) is 63.3 Å². The lowest BCUT2D eigenvalue weighted by Gasteiger charge is -2.10. The predicted molar refractivity (Wildman–Crippen MR) is 101 cm³/mol. The fourth-order valence-corrected chi connectivity index (χ4v) is 3.36. The second-order valence-electron chi connectivity index (χ2n) is 4.88. The van der Waals surface area contributed by atoms with Crippen molar-refractivity contribution in [2.75, 3.05) is 6.61 Å². The molecule has 0 fully saturated rings. The number of benzene rings is 2. The third kappa shape index (κ3) is 4.08. The van der Waals surface area contributed by atoms with Crippen molar-refractivity contribution in [1.29, 1.82) is 0 Å². The van der Waals surface area contributed by atoms with Crippen LogP contribution in [0.3, 0.4) is 0 Å². The summed E-state index contributed by atoms with van der Waals surface area (Å²) in [6.07, 6.45) is 3.55. The first-order valence-corrected chi connectivity index (χ1v) is 8.44. The normalized spacial score (nSPS) is 10.9. The van der Waals surface area contributed by atoms with Gasteiger partial charge in [0.25, 0.3) is 0 Å². The van der Waals surface area contributed by atoms with Crippen LogP contribution in [0.4, 0.5) is 5.69 Å². The highest BCUT2D eigenvalue weighted by molar-refractivity contribution is 9.11. The summed E-state index contributed by atoms with van der Waals surface area (Å²) < 4.78 is 7.58. The molecule has 0 heterocycles. The molecular weight excluding hydrogens is 406 g/mol. The third-order valence-corrected chi connectivity index (χ3v) is 4.35. The lowest BCUT2D eigenvalue weighted by Crippen LogP contribution is -1.98. The molecule has 0 saturated heterocycles. The van der Waals surface area contributed by atoms with Crippen molar-refractivity contribution >= 4 is 43.8 Å². The molecule has 0 bridgehead atoms. The summed E-state index contributed by atoms with van der Waals surface area (Å²) in [5.74, 6) is 0.761. The molecule has 2 aromatic carbocycles. The van der Waals surface area contributed by atoms with Crippen LogP contribution in [0.5, 0.6) is 5.75 Å². The number of hydrogen-bond acceptors (Lipinski definition) is 2. The molecule has 0 atom stereocenters. The summed E-state index contributed by atoms with van der Waals surface area (Å²) in [6, 6.07) is 10.0. The second-order valence-corrected chi connectivity index (χ2v) is 6.65. The molecule has 0 unspecified atom stereocenters. The monoisotopic (exact) mass is 421 g/mol. The van der Waals surface area contributed by atoms with E-state index in [9.17, 15) is 0 Å². The van der Waals surface area contributed by atoms with Crippen molar-refractivity contribution in [3.8, 4) is 5.75 Å². The van der Waals surface area contributed by atoms with E-state index in [4.69, 9.17) is 4.74 Å². The standard InChI is InChI=1S/C18H17Br2NO/c1-4-8-22-18-14(9-15(19)10-16(18)20)11-21-17-7-5-6-12(2)13(17)3/h4-7,9-11H,1,8H2,2-3H3. The molecule has 2 aromatic rings. The average molecular weight is 423 g/mol. The highest BCUT2D eigenvalue weighted by Crippen LogP contribution is 2.32. The summed E-state index contributed by atoms with van der Waals surface area (Å²) in [7, 11) is 0. The Balaban J connectivity index is 2.41. The van der Waals surface area contributed by atoms with E-state index in [0.29, 0.717) is 6.61 Å². The molecule has 114 valence electrons. The van der Waals surface area contributed by atoms with E-state index in [-0.39, 0.29) is 0 Å². The van der Waals surface area contributed by atoms with E-state index in [0.717, 1.165) is 25.9 Å². The van der Waals surface area contributed by atoms with E-state index >= 15 is 0 Å². The summed E-state index contributed by atoms with van der Waals surface area (Å²) >= 11 is 7.03. The molecule has 0 N–H and O–H groups in total. The molecular formula is C18H17Br2NO. The molecule has 0 aliphatic rings. The molecule has 0 aromatic heterocycles. The van der Waals surface area contributed by atoms with Crippen LogP contribution in [0.15, 0.2) is 56.9 Å². The SMILES string of the molecule is C=CCOc1c(Br)cc(Br)cc1C=Nc1cccc(C)c1C. The molecule has 22 heavy (non-hydrogen) atoms. The van der Waals surface area contributed by atoms with Crippen LogP contribution < -0.4 is 4.74 Å². The smallest absolute Gasteiger partial charge is 0.142 e. The highest BCUT2D eigenvalue weighted by atomic mass is 79.9. The van der Waals surface area contributed by atoms with Gasteiger partial charge < -0.3 is 4.74 Å². The number of nitrogens with zero attached hydrogens (tertiary/aromatic N) is 1. The maximum Gasteiger partial charge on any atom is 0.142 e. The van der Waals surface area contributed by atoms with Crippen LogP contribution in [0.25, 0.3) is 0 Å². The van der Waals surface area contributed by atoms with Crippen molar-refractivity contribution in [3.63, 3.8) is 0 Å². The Bertz CT molecular complexity index is 723. The van der Waals surface area contributed by atoms with E-state index in [1.165, 1.54) is 11.1 Å². The second kappa shape index (κ2) is 7.75. The quantitative estimate of drug-likeness (QED) is 0.418. The molecule has 0 aliphatic carbocycles. The molecule has 0 spiro atoms. The predicted octanol–water partition coefficient (Wildman–Crippen LogP) is 6.14. The van der Waals surface area contributed by atoms with E-state index in [1.54, 1.807) is 6.08 Å². The van der Waals surface area contributed by atoms with Crippen molar-refractivity contribution in [2.45, 2.75) is 13.8 Å². The van der Waals surface area contributed by atoms with Gasteiger partial charge in [0.2, 0.25) is 0 Å². The van der Waals surface area contributed by atoms with Gasteiger partial charge in [-0.2, -0.15) is 0 Å². The number of aliphatic imine (C=N–C) groups is 1. The summed E-state index contributed by atoms with van der Waals surface area (Å²) in [4.78, 5) is 4.62. The fourth-order valence-electron chi connectivity index (χ4n) is 1.99.